The molecular weight excluding hydrogens is 344 g/mol. The van der Waals surface area contributed by atoms with Gasteiger partial charge in [0.15, 0.2) is 0 Å². The molecule has 4 heterocycles. The highest BCUT2D eigenvalue weighted by Gasteiger charge is 2.31. The summed E-state index contributed by atoms with van der Waals surface area (Å²) in [4.78, 5) is 37.4. The maximum Gasteiger partial charge on any atom is 0.252 e. The van der Waals surface area contributed by atoms with Crippen molar-refractivity contribution in [1.82, 2.24) is 19.8 Å². The Morgan fingerprint density at radius 3 is 2.63 bits per heavy atom. The van der Waals surface area contributed by atoms with Crippen LogP contribution < -0.4 is 0 Å². The Hall–Kier alpha value is -2.02. The largest absolute Gasteiger partial charge is 0.368 e. The molecule has 1 aromatic heterocycles. The van der Waals surface area contributed by atoms with Crippen molar-refractivity contribution >= 4 is 11.8 Å². The zero-order valence-corrected chi connectivity index (χ0v) is 16.0. The molecule has 3 aliphatic heterocycles. The molecule has 0 saturated carbocycles. The number of hydrogen-bond donors (Lipinski definition) is 0. The second-order valence-corrected chi connectivity index (χ2v) is 7.85. The molecule has 2 saturated heterocycles. The lowest BCUT2D eigenvalue weighted by atomic mass is 9.95. The Bertz CT molecular complexity index is 709. The maximum atomic E-state index is 12.7. The molecule has 0 N–H and O–H groups in total. The minimum Gasteiger partial charge on any atom is -0.368 e. The Kier molecular flexibility index (Phi) is 5.38. The molecule has 27 heavy (non-hydrogen) atoms. The van der Waals surface area contributed by atoms with Gasteiger partial charge in [-0.25, -0.2) is 9.97 Å². The molecule has 0 aromatic carbocycles. The van der Waals surface area contributed by atoms with Crippen molar-refractivity contribution in [1.29, 1.82) is 0 Å². The maximum absolute atomic E-state index is 12.7. The normalized spacial score (nSPS) is 23.8. The number of nitrogens with zero attached hydrogens (tertiary/aromatic N) is 4. The number of ether oxygens (including phenoxy) is 1. The number of aromatic nitrogens is 2. The van der Waals surface area contributed by atoms with Crippen LogP contribution in [0, 0.1) is 0 Å². The van der Waals surface area contributed by atoms with Crippen molar-refractivity contribution in [3.05, 3.63) is 23.3 Å². The highest BCUT2D eigenvalue weighted by atomic mass is 16.5. The van der Waals surface area contributed by atoms with Crippen LogP contribution in [0.4, 0.5) is 0 Å². The Morgan fingerprint density at radius 2 is 1.93 bits per heavy atom. The molecule has 3 aliphatic rings. The SMILES string of the molecule is CC(=O)N1CCC(c2ncc3c(n2)CCN(C(=O)[C@H]2CCCCO2)C3)CC1. The van der Waals surface area contributed by atoms with E-state index >= 15 is 0 Å². The topological polar surface area (TPSA) is 75.6 Å². The molecule has 2 amide bonds. The van der Waals surface area contributed by atoms with Crippen LogP contribution >= 0.6 is 0 Å². The molecular formula is C20H28N4O3. The van der Waals surface area contributed by atoms with Gasteiger partial charge in [0.2, 0.25) is 5.91 Å². The minimum absolute atomic E-state index is 0.112. The first-order valence-corrected chi connectivity index (χ1v) is 10.1. The third-order valence-corrected chi connectivity index (χ3v) is 6.02. The molecule has 0 bridgehead atoms. The van der Waals surface area contributed by atoms with Crippen LogP contribution in [0.15, 0.2) is 6.20 Å². The second kappa shape index (κ2) is 7.92. The van der Waals surface area contributed by atoms with Gasteiger partial charge in [0.05, 0.1) is 5.69 Å². The van der Waals surface area contributed by atoms with E-state index in [2.05, 4.69) is 4.98 Å². The number of fused-ring (bicyclic) bond motifs is 1. The highest BCUT2D eigenvalue weighted by molar-refractivity contribution is 5.81. The molecule has 0 unspecified atom stereocenters. The van der Waals surface area contributed by atoms with E-state index in [1.165, 1.54) is 0 Å². The predicted molar refractivity (Wildman–Crippen MR) is 99.0 cm³/mol. The summed E-state index contributed by atoms with van der Waals surface area (Å²) in [6.45, 7) is 5.16. The number of piperidine rings is 1. The van der Waals surface area contributed by atoms with Gasteiger partial charge in [-0.1, -0.05) is 0 Å². The Morgan fingerprint density at radius 1 is 1.11 bits per heavy atom. The van der Waals surface area contributed by atoms with Crippen LogP contribution in [-0.4, -0.2) is 63.9 Å². The quantitative estimate of drug-likeness (QED) is 0.789. The lowest BCUT2D eigenvalue weighted by Gasteiger charge is -2.33. The van der Waals surface area contributed by atoms with E-state index in [0.717, 1.165) is 68.7 Å². The first-order chi connectivity index (χ1) is 13.1. The van der Waals surface area contributed by atoms with Gasteiger partial charge in [-0.15, -0.1) is 0 Å². The van der Waals surface area contributed by atoms with Crippen molar-refractivity contribution in [3.63, 3.8) is 0 Å². The Balaban J connectivity index is 1.39. The van der Waals surface area contributed by atoms with Crippen LogP contribution in [0.3, 0.4) is 0 Å². The zero-order valence-electron chi connectivity index (χ0n) is 16.0. The van der Waals surface area contributed by atoms with Crippen LogP contribution in [0.2, 0.25) is 0 Å². The fourth-order valence-electron chi connectivity index (χ4n) is 4.31. The number of amides is 2. The van der Waals surface area contributed by atoms with Gasteiger partial charge in [-0.2, -0.15) is 0 Å². The van der Waals surface area contributed by atoms with Gasteiger partial charge in [-0.05, 0) is 32.1 Å². The van der Waals surface area contributed by atoms with E-state index in [0.29, 0.717) is 25.6 Å². The standard InChI is InChI=1S/C20H28N4O3/c1-14(25)23-8-5-15(6-9-23)19-21-12-16-13-24(10-7-17(16)22-19)20(26)18-4-2-3-11-27-18/h12,15,18H,2-11,13H2,1H3/t18-/m1/s1. The average molecular weight is 372 g/mol. The number of likely N-dealkylation sites (tertiary alicyclic amines) is 1. The number of carbonyl (C=O) groups excluding carboxylic acids is 2. The van der Waals surface area contributed by atoms with E-state index in [4.69, 9.17) is 9.72 Å². The molecule has 1 aromatic rings. The molecule has 0 aliphatic carbocycles. The van der Waals surface area contributed by atoms with Crippen LogP contribution in [-0.2, 0) is 27.3 Å². The van der Waals surface area contributed by atoms with Gasteiger partial charge in [0, 0.05) is 63.8 Å². The van der Waals surface area contributed by atoms with Gasteiger partial charge in [-0.3, -0.25) is 9.59 Å². The lowest BCUT2D eigenvalue weighted by molar-refractivity contribution is -0.147. The number of hydrogen-bond acceptors (Lipinski definition) is 5. The summed E-state index contributed by atoms with van der Waals surface area (Å²) < 4.78 is 5.65. The minimum atomic E-state index is -0.271. The summed E-state index contributed by atoms with van der Waals surface area (Å²) in [7, 11) is 0. The monoisotopic (exact) mass is 372 g/mol. The summed E-state index contributed by atoms with van der Waals surface area (Å²) in [6.07, 6.45) is 7.18. The molecule has 4 rings (SSSR count). The van der Waals surface area contributed by atoms with E-state index in [9.17, 15) is 9.59 Å². The van der Waals surface area contributed by atoms with Gasteiger partial charge >= 0.3 is 0 Å². The van der Waals surface area contributed by atoms with Crippen molar-refractivity contribution < 1.29 is 14.3 Å². The summed E-state index contributed by atoms with van der Waals surface area (Å²) in [6, 6.07) is 0. The number of carbonyl (C=O) groups is 2. The van der Waals surface area contributed by atoms with Gasteiger partial charge in [0.1, 0.15) is 11.9 Å². The molecule has 146 valence electrons. The van der Waals surface area contributed by atoms with Crippen LogP contribution in [0.25, 0.3) is 0 Å². The number of rotatable bonds is 2. The van der Waals surface area contributed by atoms with E-state index in [1.807, 2.05) is 16.0 Å². The summed E-state index contributed by atoms with van der Waals surface area (Å²) in [5.41, 5.74) is 2.12. The zero-order chi connectivity index (χ0) is 18.8. The van der Waals surface area contributed by atoms with Crippen molar-refractivity contribution in [2.24, 2.45) is 0 Å². The van der Waals surface area contributed by atoms with E-state index < -0.39 is 0 Å². The van der Waals surface area contributed by atoms with Crippen molar-refractivity contribution in [2.75, 3.05) is 26.2 Å². The molecule has 0 spiro atoms. The van der Waals surface area contributed by atoms with E-state index in [1.54, 1.807) is 6.92 Å². The summed E-state index contributed by atoms with van der Waals surface area (Å²) in [5.74, 6) is 1.47. The average Bonchev–Trinajstić information content (AvgIpc) is 2.73. The fraction of sp³-hybridized carbons (Fsp3) is 0.700. The predicted octanol–water partition coefficient (Wildman–Crippen LogP) is 1.66. The third-order valence-electron chi connectivity index (χ3n) is 6.02. The van der Waals surface area contributed by atoms with Crippen molar-refractivity contribution in [2.45, 2.75) is 64.0 Å². The van der Waals surface area contributed by atoms with Crippen molar-refractivity contribution in [3.8, 4) is 0 Å². The summed E-state index contributed by atoms with van der Waals surface area (Å²) >= 11 is 0. The summed E-state index contributed by atoms with van der Waals surface area (Å²) in [5, 5.41) is 0. The van der Waals surface area contributed by atoms with Gasteiger partial charge < -0.3 is 14.5 Å². The Labute approximate surface area is 160 Å². The molecule has 2 fully saturated rings. The first kappa shape index (κ1) is 18.3. The smallest absolute Gasteiger partial charge is 0.252 e. The fourth-order valence-corrected chi connectivity index (χ4v) is 4.31. The van der Waals surface area contributed by atoms with E-state index in [-0.39, 0.29) is 17.9 Å². The second-order valence-electron chi connectivity index (χ2n) is 7.85. The lowest BCUT2D eigenvalue weighted by Crippen LogP contribution is -2.44. The molecule has 7 nitrogen and oxygen atoms in total. The molecule has 0 radical (unpaired) electrons. The van der Waals surface area contributed by atoms with Gasteiger partial charge in [0.25, 0.3) is 5.91 Å². The molecule has 7 heteroatoms. The third kappa shape index (κ3) is 3.98. The van der Waals surface area contributed by atoms with Crippen LogP contribution in [0.1, 0.15) is 62.0 Å². The van der Waals surface area contributed by atoms with Crippen LogP contribution in [0.5, 0.6) is 0 Å². The first-order valence-electron chi connectivity index (χ1n) is 10.1. The molecule has 1 atom stereocenters. The highest BCUT2D eigenvalue weighted by Crippen LogP contribution is 2.27.